The van der Waals surface area contributed by atoms with Gasteiger partial charge in [0.15, 0.2) is 11.9 Å². The number of benzene rings is 1. The Labute approximate surface area is 125 Å². The third-order valence-corrected chi connectivity index (χ3v) is 4.35. The van der Waals surface area contributed by atoms with Crippen molar-refractivity contribution < 1.29 is 14.3 Å². The van der Waals surface area contributed by atoms with E-state index >= 15 is 0 Å². The van der Waals surface area contributed by atoms with Crippen LogP contribution in [0.5, 0.6) is 5.75 Å². The molecule has 4 nitrogen and oxygen atoms in total. The minimum Gasteiger partial charge on any atom is -0.481 e. The van der Waals surface area contributed by atoms with Gasteiger partial charge in [-0.05, 0) is 38.7 Å². The highest BCUT2D eigenvalue weighted by atomic mass is 16.5. The van der Waals surface area contributed by atoms with Gasteiger partial charge in [-0.3, -0.25) is 9.59 Å². The van der Waals surface area contributed by atoms with E-state index < -0.39 is 6.10 Å². The zero-order valence-electron chi connectivity index (χ0n) is 12.4. The second-order valence-corrected chi connectivity index (χ2v) is 5.85. The van der Waals surface area contributed by atoms with E-state index in [1.165, 1.54) is 6.42 Å². The van der Waals surface area contributed by atoms with Gasteiger partial charge in [0.05, 0.1) is 0 Å². The van der Waals surface area contributed by atoms with Gasteiger partial charge in [-0.2, -0.15) is 0 Å². The van der Waals surface area contributed by atoms with Gasteiger partial charge >= 0.3 is 0 Å². The Bertz CT molecular complexity index is 561. The van der Waals surface area contributed by atoms with Crippen molar-refractivity contribution in [3.05, 3.63) is 29.3 Å². The maximum absolute atomic E-state index is 12.4. The fraction of sp³-hybridized carbons (Fsp3) is 0.529. The number of likely N-dealkylation sites (tertiary alicyclic amines) is 1. The fourth-order valence-electron chi connectivity index (χ4n) is 3.18. The largest absolute Gasteiger partial charge is 0.481 e. The van der Waals surface area contributed by atoms with Gasteiger partial charge in [0.2, 0.25) is 0 Å². The van der Waals surface area contributed by atoms with Crippen LogP contribution >= 0.6 is 0 Å². The van der Waals surface area contributed by atoms with E-state index in [1.807, 2.05) is 23.1 Å². The van der Waals surface area contributed by atoms with Crippen LogP contribution < -0.4 is 4.74 Å². The molecule has 1 atom stereocenters. The molecule has 112 valence electrons. The lowest BCUT2D eigenvalue weighted by molar-refractivity contribution is -0.138. The van der Waals surface area contributed by atoms with Crippen molar-refractivity contribution in [2.75, 3.05) is 13.1 Å². The van der Waals surface area contributed by atoms with Gasteiger partial charge in [-0.25, -0.2) is 0 Å². The summed E-state index contributed by atoms with van der Waals surface area (Å²) in [7, 11) is 0. The molecule has 0 spiro atoms. The Balaban J connectivity index is 1.72. The minimum atomic E-state index is -0.495. The summed E-state index contributed by atoms with van der Waals surface area (Å²) in [6.07, 6.45) is 4.12. The average molecular weight is 287 g/mol. The van der Waals surface area contributed by atoms with Crippen molar-refractivity contribution in [1.82, 2.24) is 4.90 Å². The molecular weight excluding hydrogens is 266 g/mol. The molecule has 1 saturated heterocycles. The molecule has 4 heteroatoms. The number of hydrogen-bond acceptors (Lipinski definition) is 3. The highest BCUT2D eigenvalue weighted by Crippen LogP contribution is 2.31. The van der Waals surface area contributed by atoms with Crippen LogP contribution in [0.4, 0.5) is 0 Å². The molecule has 0 saturated carbocycles. The van der Waals surface area contributed by atoms with E-state index in [1.54, 1.807) is 6.92 Å². The van der Waals surface area contributed by atoms with Crippen molar-refractivity contribution >= 4 is 11.7 Å². The fourth-order valence-corrected chi connectivity index (χ4v) is 3.18. The molecule has 1 aromatic rings. The van der Waals surface area contributed by atoms with Crippen LogP contribution in [0.3, 0.4) is 0 Å². The number of amides is 1. The summed E-state index contributed by atoms with van der Waals surface area (Å²) in [6, 6.07) is 5.53. The molecule has 1 aliphatic heterocycles. The predicted molar refractivity (Wildman–Crippen MR) is 79.6 cm³/mol. The summed E-state index contributed by atoms with van der Waals surface area (Å²) in [6.45, 7) is 3.46. The molecule has 21 heavy (non-hydrogen) atoms. The second kappa shape index (κ2) is 5.88. The average Bonchev–Trinajstić information content (AvgIpc) is 2.90. The predicted octanol–water partition coefficient (Wildman–Crippen LogP) is 2.60. The van der Waals surface area contributed by atoms with E-state index in [0.29, 0.717) is 12.2 Å². The van der Waals surface area contributed by atoms with E-state index in [0.717, 1.165) is 43.5 Å². The monoisotopic (exact) mass is 287 g/mol. The lowest BCUT2D eigenvalue weighted by atomic mass is 10.1. The van der Waals surface area contributed by atoms with Crippen LogP contribution in [0.15, 0.2) is 18.2 Å². The van der Waals surface area contributed by atoms with E-state index in [9.17, 15) is 9.59 Å². The second-order valence-electron chi connectivity index (χ2n) is 5.85. The number of ketones is 1. The molecule has 0 aromatic heterocycles. The number of piperidine rings is 1. The topological polar surface area (TPSA) is 46.6 Å². The zero-order chi connectivity index (χ0) is 14.8. The lowest BCUT2D eigenvalue weighted by Crippen LogP contribution is -2.43. The number of rotatable bonds is 3. The number of carbonyl (C=O) groups excluding carboxylic acids is 2. The standard InChI is InChI=1S/C17H21NO3/c1-12(17(20)18-10-3-2-4-11-18)21-16-7-5-6-13-14(16)8-9-15(13)19/h5-7,12H,2-4,8-11H2,1H3. The molecule has 0 N–H and O–H groups in total. The molecule has 1 unspecified atom stereocenters. The van der Waals surface area contributed by atoms with Crippen molar-refractivity contribution in [1.29, 1.82) is 0 Å². The van der Waals surface area contributed by atoms with Crippen molar-refractivity contribution in [3.63, 3.8) is 0 Å². The Kier molecular flexibility index (Phi) is 3.95. The maximum atomic E-state index is 12.4. The lowest BCUT2D eigenvalue weighted by Gasteiger charge is -2.29. The smallest absolute Gasteiger partial charge is 0.263 e. The highest BCUT2D eigenvalue weighted by molar-refractivity contribution is 6.01. The molecule has 1 fully saturated rings. The van der Waals surface area contributed by atoms with Crippen LogP contribution in [0.25, 0.3) is 0 Å². The number of fused-ring (bicyclic) bond motifs is 1. The number of ether oxygens (including phenoxy) is 1. The van der Waals surface area contributed by atoms with Crippen LogP contribution in [0.1, 0.15) is 48.5 Å². The van der Waals surface area contributed by atoms with Gasteiger partial charge in [0.25, 0.3) is 5.91 Å². The quantitative estimate of drug-likeness (QED) is 0.858. The van der Waals surface area contributed by atoms with Crippen molar-refractivity contribution in [2.24, 2.45) is 0 Å². The summed E-state index contributed by atoms with van der Waals surface area (Å²) >= 11 is 0. The van der Waals surface area contributed by atoms with E-state index in [4.69, 9.17) is 4.74 Å². The Morgan fingerprint density at radius 3 is 2.71 bits per heavy atom. The molecule has 1 aliphatic carbocycles. The molecular formula is C17H21NO3. The Morgan fingerprint density at radius 1 is 1.19 bits per heavy atom. The van der Waals surface area contributed by atoms with Gasteiger partial charge < -0.3 is 9.64 Å². The normalized spacial score (nSPS) is 19.3. The van der Waals surface area contributed by atoms with E-state index in [-0.39, 0.29) is 11.7 Å². The summed E-state index contributed by atoms with van der Waals surface area (Å²) in [5.74, 6) is 0.915. The minimum absolute atomic E-state index is 0.0524. The summed E-state index contributed by atoms with van der Waals surface area (Å²) in [5, 5.41) is 0. The molecule has 0 bridgehead atoms. The van der Waals surface area contributed by atoms with Crippen molar-refractivity contribution in [3.8, 4) is 5.75 Å². The van der Waals surface area contributed by atoms with Crippen LogP contribution in [0, 0.1) is 0 Å². The summed E-state index contributed by atoms with van der Waals surface area (Å²) in [5.41, 5.74) is 1.71. The number of nitrogens with zero attached hydrogens (tertiary/aromatic N) is 1. The van der Waals surface area contributed by atoms with Crippen molar-refractivity contribution in [2.45, 2.75) is 45.1 Å². The van der Waals surface area contributed by atoms with Gasteiger partial charge in [0, 0.05) is 30.6 Å². The van der Waals surface area contributed by atoms with E-state index in [2.05, 4.69) is 0 Å². The molecule has 0 radical (unpaired) electrons. The Hall–Kier alpha value is -1.84. The third-order valence-electron chi connectivity index (χ3n) is 4.35. The number of Topliss-reactive ketones (excluding diaryl/α,β-unsaturated/α-hetero) is 1. The molecule has 1 amide bonds. The van der Waals surface area contributed by atoms with Gasteiger partial charge in [-0.15, -0.1) is 0 Å². The van der Waals surface area contributed by atoms with Gasteiger partial charge in [-0.1, -0.05) is 12.1 Å². The first kappa shape index (κ1) is 14.1. The number of carbonyl (C=O) groups is 2. The first-order valence-electron chi connectivity index (χ1n) is 7.77. The van der Waals surface area contributed by atoms with Crippen LogP contribution in [-0.2, 0) is 11.2 Å². The molecule has 1 heterocycles. The SMILES string of the molecule is CC(Oc1cccc2c1CCC2=O)C(=O)N1CCCCC1. The highest BCUT2D eigenvalue weighted by Gasteiger charge is 2.27. The summed E-state index contributed by atoms with van der Waals surface area (Å²) in [4.78, 5) is 26.0. The molecule has 2 aliphatic rings. The van der Waals surface area contributed by atoms with Gasteiger partial charge in [0.1, 0.15) is 5.75 Å². The zero-order valence-corrected chi connectivity index (χ0v) is 12.4. The first-order chi connectivity index (χ1) is 10.2. The first-order valence-corrected chi connectivity index (χ1v) is 7.77. The molecule has 1 aromatic carbocycles. The maximum Gasteiger partial charge on any atom is 0.263 e. The third kappa shape index (κ3) is 2.80. The Morgan fingerprint density at radius 2 is 1.95 bits per heavy atom. The number of hydrogen-bond donors (Lipinski definition) is 0. The molecule has 3 rings (SSSR count). The van der Waals surface area contributed by atoms with Crippen LogP contribution in [-0.4, -0.2) is 35.8 Å². The van der Waals surface area contributed by atoms with Crippen LogP contribution in [0.2, 0.25) is 0 Å². The summed E-state index contributed by atoms with van der Waals surface area (Å²) < 4.78 is 5.88.